The van der Waals surface area contributed by atoms with Crippen LogP contribution in [0.25, 0.3) is 0 Å². The second kappa shape index (κ2) is 12.2. The van der Waals surface area contributed by atoms with E-state index in [2.05, 4.69) is 10.3 Å². The maximum Gasteiger partial charge on any atom is 0.252 e. The Morgan fingerprint density at radius 1 is 0.750 bits per heavy atom. The number of ether oxygens (including phenoxy) is 2. The zero-order valence-corrected chi connectivity index (χ0v) is 19.7. The lowest BCUT2D eigenvalue weighted by atomic mass is 10.0. The van der Waals surface area contributed by atoms with Crippen molar-refractivity contribution in [2.45, 2.75) is 25.7 Å². The molecular weight excluding hydrogens is 454 g/mol. The molecule has 0 radical (unpaired) electrons. The number of hydrogen-bond donors (Lipinski definition) is 2. The smallest absolute Gasteiger partial charge is 0.252 e. The normalized spacial score (nSPS) is 11.3. The number of carbonyl (C=O) groups excluding carboxylic acids is 2. The van der Waals surface area contributed by atoms with Crippen LogP contribution in [0.3, 0.4) is 0 Å². The number of hydrogen-bond acceptors (Lipinski definition) is 5. The highest BCUT2D eigenvalue weighted by Crippen LogP contribution is 2.30. The minimum atomic E-state index is -0.899. The number of pyridine rings is 1. The summed E-state index contributed by atoms with van der Waals surface area (Å²) in [5, 5.41) is 2.71. The van der Waals surface area contributed by atoms with E-state index >= 15 is 0 Å². The molecule has 3 N–H and O–H groups in total. The Bertz CT molecular complexity index is 1280. The molecular formula is C29H27N3O4. The highest BCUT2D eigenvalue weighted by atomic mass is 16.5. The third kappa shape index (κ3) is 6.93. The standard InChI is InChI=1S/C29H27N3O4/c30-28(33)25(32-29(34)24-13-15-31-16-14-24)17-23-11-12-26(35-19-21-7-3-1-4-8-21)27(18-23)36-20-22-9-5-2-6-10-22/h1-16,18,25H,17,19-20H2,(H2,30,33)(H,32,34)/t25-/m1/s1. The van der Waals surface area contributed by atoms with Gasteiger partial charge in [-0.3, -0.25) is 14.6 Å². The number of amides is 2. The third-order valence-corrected chi connectivity index (χ3v) is 5.51. The Morgan fingerprint density at radius 2 is 1.33 bits per heavy atom. The first-order valence-electron chi connectivity index (χ1n) is 11.5. The van der Waals surface area contributed by atoms with Gasteiger partial charge in [-0.15, -0.1) is 0 Å². The van der Waals surface area contributed by atoms with Crippen molar-refractivity contribution < 1.29 is 19.1 Å². The van der Waals surface area contributed by atoms with E-state index in [1.54, 1.807) is 18.2 Å². The molecule has 0 bridgehead atoms. The summed E-state index contributed by atoms with van der Waals surface area (Å²) in [6.45, 7) is 0.734. The second-order valence-electron chi connectivity index (χ2n) is 8.20. The molecule has 182 valence electrons. The first-order chi connectivity index (χ1) is 17.6. The number of aromatic nitrogens is 1. The van der Waals surface area contributed by atoms with Crippen LogP contribution in [-0.4, -0.2) is 22.8 Å². The number of nitrogens with two attached hydrogens (primary N) is 1. The largest absolute Gasteiger partial charge is 0.485 e. The topological polar surface area (TPSA) is 104 Å². The molecule has 0 aliphatic heterocycles. The summed E-state index contributed by atoms with van der Waals surface area (Å²) < 4.78 is 12.2. The highest BCUT2D eigenvalue weighted by Gasteiger charge is 2.20. The number of benzene rings is 3. The number of nitrogens with one attached hydrogen (secondary N) is 1. The van der Waals surface area contributed by atoms with Crippen LogP contribution in [0.15, 0.2) is 103 Å². The van der Waals surface area contributed by atoms with Crippen LogP contribution in [0, 0.1) is 0 Å². The molecule has 1 atom stereocenters. The van der Waals surface area contributed by atoms with E-state index in [1.165, 1.54) is 12.4 Å². The molecule has 1 aromatic heterocycles. The molecule has 4 aromatic rings. The van der Waals surface area contributed by atoms with E-state index in [0.717, 1.165) is 16.7 Å². The number of primary amides is 1. The Labute approximate surface area is 209 Å². The van der Waals surface area contributed by atoms with Gasteiger partial charge in [0.25, 0.3) is 5.91 Å². The minimum absolute atomic E-state index is 0.201. The lowest BCUT2D eigenvalue weighted by Crippen LogP contribution is -2.45. The van der Waals surface area contributed by atoms with Gasteiger partial charge in [0.15, 0.2) is 11.5 Å². The third-order valence-electron chi connectivity index (χ3n) is 5.51. The van der Waals surface area contributed by atoms with Gasteiger partial charge in [0, 0.05) is 24.4 Å². The molecule has 36 heavy (non-hydrogen) atoms. The zero-order chi connectivity index (χ0) is 25.2. The number of carbonyl (C=O) groups is 2. The maximum absolute atomic E-state index is 12.6. The fourth-order valence-electron chi connectivity index (χ4n) is 3.59. The van der Waals surface area contributed by atoms with E-state index in [1.807, 2.05) is 72.8 Å². The predicted octanol–water partition coefficient (Wildman–Crippen LogP) is 4.07. The van der Waals surface area contributed by atoms with E-state index in [-0.39, 0.29) is 6.42 Å². The molecule has 0 saturated carbocycles. The van der Waals surface area contributed by atoms with Gasteiger partial charge in [-0.1, -0.05) is 66.7 Å². The van der Waals surface area contributed by atoms with Crippen LogP contribution < -0.4 is 20.5 Å². The van der Waals surface area contributed by atoms with Gasteiger partial charge in [-0.05, 0) is 41.0 Å². The quantitative estimate of drug-likeness (QED) is 0.336. The van der Waals surface area contributed by atoms with Crippen molar-refractivity contribution in [1.82, 2.24) is 10.3 Å². The van der Waals surface area contributed by atoms with E-state index in [9.17, 15) is 9.59 Å². The molecule has 2 amide bonds. The lowest BCUT2D eigenvalue weighted by Gasteiger charge is -2.18. The number of nitrogens with zero attached hydrogens (tertiary/aromatic N) is 1. The molecule has 7 nitrogen and oxygen atoms in total. The van der Waals surface area contributed by atoms with Gasteiger partial charge in [0.1, 0.15) is 19.3 Å². The highest BCUT2D eigenvalue weighted by molar-refractivity contribution is 5.97. The first-order valence-corrected chi connectivity index (χ1v) is 11.5. The molecule has 3 aromatic carbocycles. The van der Waals surface area contributed by atoms with Crippen molar-refractivity contribution in [1.29, 1.82) is 0 Å². The fourth-order valence-corrected chi connectivity index (χ4v) is 3.59. The van der Waals surface area contributed by atoms with Crippen molar-refractivity contribution in [2.24, 2.45) is 5.73 Å². The first kappa shape index (κ1) is 24.5. The Hall–Kier alpha value is -4.65. The van der Waals surface area contributed by atoms with Crippen LogP contribution in [-0.2, 0) is 24.4 Å². The maximum atomic E-state index is 12.6. The monoisotopic (exact) mass is 481 g/mol. The van der Waals surface area contributed by atoms with Crippen LogP contribution >= 0.6 is 0 Å². The average Bonchev–Trinajstić information content (AvgIpc) is 2.92. The molecule has 0 fully saturated rings. The van der Waals surface area contributed by atoms with Gasteiger partial charge < -0.3 is 20.5 Å². The van der Waals surface area contributed by atoms with Crippen molar-refractivity contribution in [2.75, 3.05) is 0 Å². The van der Waals surface area contributed by atoms with E-state index < -0.39 is 17.9 Å². The molecule has 0 unspecified atom stereocenters. The summed E-state index contributed by atoms with van der Waals surface area (Å²) >= 11 is 0. The molecule has 4 rings (SSSR count). The summed E-state index contributed by atoms with van der Waals surface area (Å²) in [4.78, 5) is 28.6. The van der Waals surface area contributed by atoms with Gasteiger partial charge >= 0.3 is 0 Å². The fraction of sp³-hybridized carbons (Fsp3) is 0.138. The van der Waals surface area contributed by atoms with Gasteiger partial charge in [0.05, 0.1) is 0 Å². The van der Waals surface area contributed by atoms with E-state index in [0.29, 0.717) is 30.3 Å². The second-order valence-corrected chi connectivity index (χ2v) is 8.20. The average molecular weight is 482 g/mol. The molecule has 0 aliphatic carbocycles. The molecule has 0 saturated heterocycles. The van der Waals surface area contributed by atoms with Crippen LogP contribution in [0.5, 0.6) is 11.5 Å². The van der Waals surface area contributed by atoms with Crippen LogP contribution in [0.4, 0.5) is 0 Å². The zero-order valence-electron chi connectivity index (χ0n) is 19.7. The van der Waals surface area contributed by atoms with Gasteiger partial charge in [0.2, 0.25) is 5.91 Å². The summed E-state index contributed by atoms with van der Waals surface area (Å²) in [6.07, 6.45) is 3.23. The molecule has 7 heteroatoms. The minimum Gasteiger partial charge on any atom is -0.485 e. The van der Waals surface area contributed by atoms with Gasteiger partial charge in [-0.2, -0.15) is 0 Å². The predicted molar refractivity (Wildman–Crippen MR) is 136 cm³/mol. The van der Waals surface area contributed by atoms with Crippen molar-refractivity contribution >= 4 is 11.8 Å². The Morgan fingerprint density at radius 3 is 1.92 bits per heavy atom. The summed E-state index contributed by atoms with van der Waals surface area (Å²) in [5.74, 6) is 0.0871. The van der Waals surface area contributed by atoms with Crippen molar-refractivity contribution in [3.8, 4) is 11.5 Å². The summed E-state index contributed by atoms with van der Waals surface area (Å²) in [6, 6.07) is 27.4. The molecule has 1 heterocycles. The lowest BCUT2D eigenvalue weighted by molar-refractivity contribution is -0.119. The van der Waals surface area contributed by atoms with Crippen LogP contribution in [0.2, 0.25) is 0 Å². The molecule has 0 aliphatic rings. The Kier molecular flexibility index (Phi) is 8.27. The molecule has 0 spiro atoms. The SMILES string of the molecule is NC(=O)[C@@H](Cc1ccc(OCc2ccccc2)c(OCc2ccccc2)c1)NC(=O)c1ccncc1. The summed E-state index contributed by atoms with van der Waals surface area (Å²) in [5.41, 5.74) is 8.81. The van der Waals surface area contributed by atoms with Crippen LogP contribution in [0.1, 0.15) is 27.0 Å². The van der Waals surface area contributed by atoms with E-state index in [4.69, 9.17) is 15.2 Å². The van der Waals surface area contributed by atoms with Crippen molar-refractivity contribution in [3.63, 3.8) is 0 Å². The summed E-state index contributed by atoms with van der Waals surface area (Å²) in [7, 11) is 0. The van der Waals surface area contributed by atoms with Gasteiger partial charge in [-0.25, -0.2) is 0 Å². The van der Waals surface area contributed by atoms with Crippen molar-refractivity contribution in [3.05, 3.63) is 126 Å². The Balaban J connectivity index is 1.51. The number of rotatable bonds is 11.